The third-order valence-corrected chi connectivity index (χ3v) is 10.6. The van der Waals surface area contributed by atoms with E-state index in [9.17, 15) is 9.59 Å². The molecule has 1 aromatic carbocycles. The van der Waals surface area contributed by atoms with E-state index in [0.717, 1.165) is 15.7 Å². The van der Waals surface area contributed by atoms with Crippen LogP contribution < -0.4 is 9.61 Å². The van der Waals surface area contributed by atoms with E-state index < -0.39 is 0 Å². The van der Waals surface area contributed by atoms with Crippen molar-refractivity contribution < 1.29 is 14.3 Å². The van der Waals surface area contributed by atoms with E-state index >= 15 is 0 Å². The molecule has 0 spiro atoms. The molecule has 1 amide bonds. The lowest BCUT2D eigenvalue weighted by Gasteiger charge is -2.41. The predicted octanol–water partition coefficient (Wildman–Crippen LogP) is 3.43. The van der Waals surface area contributed by atoms with Crippen LogP contribution in [0.5, 0.6) is 5.75 Å². The summed E-state index contributed by atoms with van der Waals surface area (Å²) in [6, 6.07) is 8.28. The monoisotopic (exact) mass is 472 g/mol. The first-order chi connectivity index (χ1) is 15.7. The summed E-state index contributed by atoms with van der Waals surface area (Å²) in [6.45, 7) is 2.47. The number of amides is 1. The van der Waals surface area contributed by atoms with Crippen LogP contribution >= 0.6 is 23.1 Å². The summed E-state index contributed by atoms with van der Waals surface area (Å²) in [5.74, 6) is 3.03. The number of aromatic nitrogens is 1. The zero-order valence-electron chi connectivity index (χ0n) is 18.2. The lowest BCUT2D eigenvalue weighted by Crippen LogP contribution is -2.43. The molecule has 0 radical (unpaired) electrons. The SMILES string of the molecule is COc1ccccc1[C@H]1c2sc(=O)n(CC(=O)N3CCOCC3)c2SC2C3CCC(C3)C21. The fourth-order valence-electron chi connectivity index (χ4n) is 6.41. The molecule has 3 fully saturated rings. The molecule has 1 aromatic heterocycles. The van der Waals surface area contributed by atoms with Gasteiger partial charge < -0.3 is 14.4 Å². The van der Waals surface area contributed by atoms with Crippen molar-refractivity contribution in [2.24, 2.45) is 17.8 Å². The summed E-state index contributed by atoms with van der Waals surface area (Å²) >= 11 is 3.22. The molecule has 3 heterocycles. The van der Waals surface area contributed by atoms with Gasteiger partial charge in [-0.05, 0) is 43.1 Å². The lowest BCUT2D eigenvalue weighted by molar-refractivity contribution is -0.136. The van der Waals surface area contributed by atoms with E-state index in [1.807, 2.05) is 28.8 Å². The van der Waals surface area contributed by atoms with Crippen LogP contribution in [-0.4, -0.2) is 54.0 Å². The van der Waals surface area contributed by atoms with E-state index in [1.165, 1.54) is 36.2 Å². The zero-order chi connectivity index (χ0) is 21.8. The molecule has 32 heavy (non-hydrogen) atoms. The maximum absolute atomic E-state index is 13.2. The first kappa shape index (κ1) is 20.8. The van der Waals surface area contributed by atoms with Crippen LogP contribution in [0.25, 0.3) is 0 Å². The standard InChI is InChI=1S/C24H28N2O4S2/c1-29-17-5-3-2-4-16(17)20-19-14-6-7-15(12-14)21(19)31-23-22(20)32-24(28)26(23)13-18(27)25-8-10-30-11-9-25/h2-5,14-15,19-21H,6-13H2,1H3/t14?,15?,19?,20-,21?/m1/s1. The molecule has 1 saturated heterocycles. The molecular formula is C24H28N2O4S2. The number of carbonyl (C=O) groups is 1. The Hall–Kier alpha value is -1.77. The summed E-state index contributed by atoms with van der Waals surface area (Å²) in [4.78, 5) is 29.1. The molecule has 170 valence electrons. The Bertz CT molecular complexity index is 1090. The molecule has 4 unspecified atom stereocenters. The first-order valence-corrected chi connectivity index (χ1v) is 13.2. The van der Waals surface area contributed by atoms with Gasteiger partial charge in [-0.2, -0.15) is 0 Å². The van der Waals surface area contributed by atoms with E-state index in [1.54, 1.807) is 11.7 Å². The second-order valence-electron chi connectivity index (χ2n) is 9.33. The number of nitrogens with zero attached hydrogens (tertiary/aromatic N) is 2. The van der Waals surface area contributed by atoms with Crippen LogP contribution in [0.2, 0.25) is 0 Å². The van der Waals surface area contributed by atoms with Crippen LogP contribution in [-0.2, 0) is 16.1 Å². The fourth-order valence-corrected chi connectivity index (χ4v) is 9.55. The Balaban J connectivity index is 1.42. The Morgan fingerprint density at radius 3 is 2.78 bits per heavy atom. The number of benzene rings is 1. The van der Waals surface area contributed by atoms with Crippen LogP contribution in [0.1, 0.15) is 35.6 Å². The highest BCUT2D eigenvalue weighted by atomic mass is 32.2. The van der Waals surface area contributed by atoms with Crippen molar-refractivity contribution in [3.63, 3.8) is 0 Å². The van der Waals surface area contributed by atoms with Crippen LogP contribution in [0.4, 0.5) is 0 Å². The second kappa shape index (κ2) is 8.22. The predicted molar refractivity (Wildman–Crippen MR) is 125 cm³/mol. The van der Waals surface area contributed by atoms with Gasteiger partial charge in [0.05, 0.1) is 25.3 Å². The van der Waals surface area contributed by atoms with Gasteiger partial charge in [0.1, 0.15) is 12.3 Å². The van der Waals surface area contributed by atoms with Crippen molar-refractivity contribution in [2.75, 3.05) is 33.4 Å². The lowest BCUT2D eigenvalue weighted by atomic mass is 9.74. The fraction of sp³-hybridized carbons (Fsp3) is 0.583. The number of thioether (sulfide) groups is 1. The average molecular weight is 473 g/mol. The minimum Gasteiger partial charge on any atom is -0.496 e. The summed E-state index contributed by atoms with van der Waals surface area (Å²) in [5.41, 5.74) is 1.19. The molecule has 8 heteroatoms. The topological polar surface area (TPSA) is 60.8 Å². The summed E-state index contributed by atoms with van der Waals surface area (Å²) in [7, 11) is 1.73. The highest BCUT2D eigenvalue weighted by molar-refractivity contribution is 8.00. The van der Waals surface area contributed by atoms with Gasteiger partial charge in [0.15, 0.2) is 0 Å². The number of rotatable bonds is 4. The molecule has 5 atom stereocenters. The van der Waals surface area contributed by atoms with Crippen molar-refractivity contribution >= 4 is 29.0 Å². The number of ether oxygens (including phenoxy) is 2. The summed E-state index contributed by atoms with van der Waals surface area (Å²) in [5, 5.41) is 1.53. The van der Waals surface area contributed by atoms with Gasteiger partial charge in [-0.15, -0.1) is 11.8 Å². The van der Waals surface area contributed by atoms with Crippen molar-refractivity contribution in [1.82, 2.24) is 9.47 Å². The van der Waals surface area contributed by atoms with Gasteiger partial charge in [-0.25, -0.2) is 0 Å². The molecular weight excluding hydrogens is 444 g/mol. The van der Waals surface area contributed by atoms with E-state index in [0.29, 0.717) is 49.3 Å². The minimum atomic E-state index is -0.0173. The Morgan fingerprint density at radius 1 is 1.19 bits per heavy atom. The maximum Gasteiger partial charge on any atom is 0.308 e. The Labute approximate surface area is 195 Å². The molecule has 2 bridgehead atoms. The van der Waals surface area contributed by atoms with Crippen LogP contribution in [0.15, 0.2) is 34.1 Å². The number of hydrogen-bond acceptors (Lipinski definition) is 6. The van der Waals surface area contributed by atoms with Gasteiger partial charge in [0.2, 0.25) is 5.91 Å². The number of thiazole rings is 1. The normalized spacial score (nSPS) is 30.8. The van der Waals surface area contributed by atoms with E-state index in [-0.39, 0.29) is 23.2 Å². The number of fused-ring (bicyclic) bond motifs is 6. The van der Waals surface area contributed by atoms with E-state index in [2.05, 4.69) is 12.1 Å². The first-order valence-electron chi connectivity index (χ1n) is 11.5. The van der Waals surface area contributed by atoms with Crippen molar-refractivity contribution in [3.05, 3.63) is 44.4 Å². The van der Waals surface area contributed by atoms with Gasteiger partial charge in [0.25, 0.3) is 0 Å². The van der Waals surface area contributed by atoms with Gasteiger partial charge >= 0.3 is 4.87 Å². The smallest absolute Gasteiger partial charge is 0.308 e. The Kier molecular flexibility index (Phi) is 5.35. The second-order valence-corrected chi connectivity index (χ2v) is 11.5. The number of carbonyl (C=O) groups excluding carboxylic acids is 1. The highest BCUT2D eigenvalue weighted by Crippen LogP contribution is 2.64. The Morgan fingerprint density at radius 2 is 1.97 bits per heavy atom. The third kappa shape index (κ3) is 3.25. The number of methoxy groups -OCH3 is 1. The summed E-state index contributed by atoms with van der Waals surface area (Å²) < 4.78 is 12.9. The third-order valence-electron chi connectivity index (χ3n) is 7.82. The molecule has 2 aromatic rings. The zero-order valence-corrected chi connectivity index (χ0v) is 19.8. The molecule has 6 nitrogen and oxygen atoms in total. The largest absolute Gasteiger partial charge is 0.496 e. The summed E-state index contributed by atoms with van der Waals surface area (Å²) in [6.07, 6.45) is 3.87. The molecule has 6 rings (SSSR count). The van der Waals surface area contributed by atoms with Crippen LogP contribution in [0.3, 0.4) is 0 Å². The van der Waals surface area contributed by atoms with Gasteiger partial charge in [-0.3, -0.25) is 14.2 Å². The van der Waals surface area contributed by atoms with E-state index in [4.69, 9.17) is 9.47 Å². The van der Waals surface area contributed by atoms with Crippen molar-refractivity contribution in [3.8, 4) is 5.75 Å². The minimum absolute atomic E-state index is 0.0144. The molecule has 2 aliphatic heterocycles. The molecule has 4 aliphatic rings. The molecule has 2 aliphatic carbocycles. The van der Waals surface area contributed by atoms with Crippen molar-refractivity contribution in [2.45, 2.75) is 42.0 Å². The average Bonchev–Trinajstić information content (AvgIpc) is 3.52. The van der Waals surface area contributed by atoms with Gasteiger partial charge in [-0.1, -0.05) is 29.5 Å². The molecule has 2 saturated carbocycles. The number of para-hydroxylation sites is 1. The quantitative estimate of drug-likeness (QED) is 0.682. The number of hydrogen-bond donors (Lipinski definition) is 0. The maximum atomic E-state index is 13.2. The van der Waals surface area contributed by atoms with Gasteiger partial charge in [0, 0.05) is 34.7 Å². The van der Waals surface area contributed by atoms with Crippen molar-refractivity contribution in [1.29, 1.82) is 0 Å². The molecule has 0 N–H and O–H groups in total. The highest BCUT2D eigenvalue weighted by Gasteiger charge is 2.55. The number of morpholine rings is 1. The van der Waals surface area contributed by atoms with Crippen LogP contribution in [0, 0.1) is 17.8 Å².